The van der Waals surface area contributed by atoms with E-state index < -0.39 is 0 Å². The molecule has 1 saturated heterocycles. The Morgan fingerprint density at radius 2 is 1.71 bits per heavy atom. The van der Waals surface area contributed by atoms with Crippen LogP contribution in [0.2, 0.25) is 0 Å². The molecule has 1 saturated carbocycles. The maximum atomic E-state index is 5.87. The van der Waals surface area contributed by atoms with E-state index in [-0.39, 0.29) is 6.04 Å². The highest BCUT2D eigenvalue weighted by molar-refractivity contribution is 5.51. The highest BCUT2D eigenvalue weighted by Crippen LogP contribution is 2.46. The van der Waals surface area contributed by atoms with Crippen LogP contribution in [0.3, 0.4) is 0 Å². The Balaban J connectivity index is 1.66. The summed E-state index contributed by atoms with van der Waals surface area (Å²) < 4.78 is 0. The van der Waals surface area contributed by atoms with Gasteiger partial charge in [-0.25, -0.2) is 0 Å². The first-order valence-corrected chi connectivity index (χ1v) is 6.79. The summed E-state index contributed by atoms with van der Waals surface area (Å²) in [5, 5.41) is 0. The first-order chi connectivity index (χ1) is 8.19. The van der Waals surface area contributed by atoms with Gasteiger partial charge in [-0.15, -0.1) is 0 Å². The Bertz CT molecular complexity index is 380. The van der Waals surface area contributed by atoms with Gasteiger partial charge in [0.15, 0.2) is 0 Å². The third-order valence-electron chi connectivity index (χ3n) is 4.50. The molecule has 17 heavy (non-hydrogen) atoms. The van der Waals surface area contributed by atoms with Crippen molar-refractivity contribution in [3.8, 4) is 0 Å². The number of anilines is 1. The van der Waals surface area contributed by atoms with Crippen molar-refractivity contribution in [2.24, 2.45) is 11.1 Å². The second-order valence-electron chi connectivity index (χ2n) is 5.94. The molecule has 2 fully saturated rings. The Kier molecular flexibility index (Phi) is 2.62. The van der Waals surface area contributed by atoms with Gasteiger partial charge in [0.25, 0.3) is 0 Å². The van der Waals surface area contributed by atoms with E-state index in [2.05, 4.69) is 29.2 Å². The van der Waals surface area contributed by atoms with Crippen molar-refractivity contribution in [3.63, 3.8) is 0 Å². The van der Waals surface area contributed by atoms with Crippen LogP contribution in [0.1, 0.15) is 44.2 Å². The maximum absolute atomic E-state index is 5.87. The SMILES string of the molecule is CC(N)c1ccc(N2CC3(CCCC3)C2)cc1. The van der Waals surface area contributed by atoms with Crippen LogP contribution in [-0.2, 0) is 0 Å². The summed E-state index contributed by atoms with van der Waals surface area (Å²) in [4.78, 5) is 2.51. The number of hydrogen-bond donors (Lipinski definition) is 1. The first kappa shape index (κ1) is 11.1. The number of rotatable bonds is 2. The topological polar surface area (TPSA) is 29.3 Å². The third kappa shape index (κ3) is 1.95. The van der Waals surface area contributed by atoms with Crippen LogP contribution in [0.4, 0.5) is 5.69 Å². The minimum absolute atomic E-state index is 0.140. The van der Waals surface area contributed by atoms with E-state index in [1.54, 1.807) is 0 Å². The Morgan fingerprint density at radius 3 is 2.24 bits per heavy atom. The van der Waals surface area contributed by atoms with E-state index >= 15 is 0 Å². The maximum Gasteiger partial charge on any atom is 0.0366 e. The molecule has 1 atom stereocenters. The average Bonchev–Trinajstić information content (AvgIpc) is 2.76. The zero-order chi connectivity index (χ0) is 11.9. The summed E-state index contributed by atoms with van der Waals surface area (Å²) in [5.74, 6) is 0. The van der Waals surface area contributed by atoms with Gasteiger partial charge < -0.3 is 10.6 Å². The highest BCUT2D eigenvalue weighted by Gasteiger charge is 2.44. The summed E-state index contributed by atoms with van der Waals surface area (Å²) in [6.45, 7) is 4.57. The molecule has 2 nitrogen and oxygen atoms in total. The molecule has 0 bridgehead atoms. The van der Waals surface area contributed by atoms with Crippen LogP contribution < -0.4 is 10.6 Å². The van der Waals surface area contributed by atoms with Gasteiger partial charge in [0, 0.05) is 30.2 Å². The van der Waals surface area contributed by atoms with Gasteiger partial charge >= 0.3 is 0 Å². The molecule has 1 aliphatic carbocycles. The molecule has 2 heteroatoms. The molecular weight excluding hydrogens is 208 g/mol. The normalized spacial score (nSPS) is 23.8. The van der Waals surface area contributed by atoms with Crippen molar-refractivity contribution in [1.29, 1.82) is 0 Å². The zero-order valence-corrected chi connectivity index (χ0v) is 10.7. The van der Waals surface area contributed by atoms with Gasteiger partial charge in [0.2, 0.25) is 0 Å². The van der Waals surface area contributed by atoms with Crippen molar-refractivity contribution in [1.82, 2.24) is 0 Å². The summed E-state index contributed by atoms with van der Waals surface area (Å²) in [6, 6.07) is 8.92. The molecule has 1 heterocycles. The fraction of sp³-hybridized carbons (Fsp3) is 0.600. The second kappa shape index (κ2) is 4.02. The van der Waals surface area contributed by atoms with E-state index in [0.29, 0.717) is 5.41 Å². The van der Waals surface area contributed by atoms with E-state index in [0.717, 1.165) is 0 Å². The number of hydrogen-bond acceptors (Lipinski definition) is 2. The van der Waals surface area contributed by atoms with E-state index in [1.807, 2.05) is 6.92 Å². The van der Waals surface area contributed by atoms with Crippen molar-refractivity contribution in [2.75, 3.05) is 18.0 Å². The molecule has 0 aromatic heterocycles. The molecule has 2 aliphatic rings. The number of nitrogens with zero attached hydrogens (tertiary/aromatic N) is 1. The minimum Gasteiger partial charge on any atom is -0.370 e. The van der Waals surface area contributed by atoms with Crippen LogP contribution in [0, 0.1) is 5.41 Å². The summed E-state index contributed by atoms with van der Waals surface area (Å²) in [5.41, 5.74) is 9.14. The quantitative estimate of drug-likeness (QED) is 0.846. The van der Waals surface area contributed by atoms with Gasteiger partial charge in [-0.3, -0.25) is 0 Å². The van der Waals surface area contributed by atoms with Crippen molar-refractivity contribution < 1.29 is 0 Å². The molecule has 1 spiro atoms. The van der Waals surface area contributed by atoms with Crippen molar-refractivity contribution in [3.05, 3.63) is 29.8 Å². The van der Waals surface area contributed by atoms with Gasteiger partial charge in [-0.05, 0) is 37.5 Å². The lowest BCUT2D eigenvalue weighted by molar-refractivity contribution is 0.222. The van der Waals surface area contributed by atoms with Gasteiger partial charge in [0.1, 0.15) is 0 Å². The number of benzene rings is 1. The second-order valence-corrected chi connectivity index (χ2v) is 5.94. The van der Waals surface area contributed by atoms with E-state index in [1.165, 1.54) is 50.0 Å². The molecule has 1 aromatic rings. The van der Waals surface area contributed by atoms with E-state index in [9.17, 15) is 0 Å². The van der Waals surface area contributed by atoms with Crippen LogP contribution in [0.5, 0.6) is 0 Å². The van der Waals surface area contributed by atoms with Gasteiger partial charge in [0.05, 0.1) is 0 Å². The fourth-order valence-electron chi connectivity index (χ4n) is 3.38. The first-order valence-electron chi connectivity index (χ1n) is 6.79. The molecule has 2 N–H and O–H groups in total. The molecule has 3 rings (SSSR count). The van der Waals surface area contributed by atoms with E-state index in [4.69, 9.17) is 5.73 Å². The molecule has 1 unspecified atom stereocenters. The van der Waals surface area contributed by atoms with Gasteiger partial charge in [-0.1, -0.05) is 25.0 Å². The fourth-order valence-corrected chi connectivity index (χ4v) is 3.38. The monoisotopic (exact) mass is 230 g/mol. The molecular formula is C15H22N2. The largest absolute Gasteiger partial charge is 0.370 e. The zero-order valence-electron chi connectivity index (χ0n) is 10.7. The third-order valence-corrected chi connectivity index (χ3v) is 4.50. The summed E-state index contributed by atoms with van der Waals surface area (Å²) in [6.07, 6.45) is 5.78. The molecule has 92 valence electrons. The lowest BCUT2D eigenvalue weighted by Crippen LogP contribution is -2.55. The molecule has 1 aliphatic heterocycles. The summed E-state index contributed by atoms with van der Waals surface area (Å²) in [7, 11) is 0. The summed E-state index contributed by atoms with van der Waals surface area (Å²) >= 11 is 0. The lowest BCUT2D eigenvalue weighted by Gasteiger charge is -2.49. The Morgan fingerprint density at radius 1 is 1.12 bits per heavy atom. The number of nitrogens with two attached hydrogens (primary N) is 1. The standard InChI is InChI=1S/C15H22N2/c1-12(16)13-4-6-14(7-5-13)17-10-15(11-17)8-2-3-9-15/h4-7,12H,2-3,8-11,16H2,1H3. The van der Waals surface area contributed by atoms with Crippen LogP contribution in [0.15, 0.2) is 24.3 Å². The average molecular weight is 230 g/mol. The molecule has 1 aromatic carbocycles. The predicted octanol–water partition coefficient (Wildman–Crippen LogP) is 3.09. The van der Waals surface area contributed by atoms with Crippen molar-refractivity contribution >= 4 is 5.69 Å². The van der Waals surface area contributed by atoms with Crippen molar-refractivity contribution in [2.45, 2.75) is 38.6 Å². The van der Waals surface area contributed by atoms with Crippen LogP contribution in [-0.4, -0.2) is 13.1 Å². The predicted molar refractivity (Wildman–Crippen MR) is 72.2 cm³/mol. The van der Waals surface area contributed by atoms with Crippen LogP contribution >= 0.6 is 0 Å². The molecule has 0 radical (unpaired) electrons. The smallest absolute Gasteiger partial charge is 0.0366 e. The lowest BCUT2D eigenvalue weighted by atomic mass is 9.78. The Labute approximate surface area is 104 Å². The van der Waals surface area contributed by atoms with Gasteiger partial charge in [-0.2, -0.15) is 0 Å². The minimum atomic E-state index is 0.140. The van der Waals surface area contributed by atoms with Crippen LogP contribution in [0.25, 0.3) is 0 Å². The molecule has 0 amide bonds. The highest BCUT2D eigenvalue weighted by atomic mass is 15.2. The Hall–Kier alpha value is -1.02.